The molecule has 6 nitrogen and oxygen atoms in total. The van der Waals surface area contributed by atoms with Crippen molar-refractivity contribution in [3.05, 3.63) is 29.3 Å². The van der Waals surface area contributed by atoms with E-state index >= 15 is 0 Å². The minimum absolute atomic E-state index is 0.166. The van der Waals surface area contributed by atoms with Gasteiger partial charge in [0.2, 0.25) is 10.0 Å². The minimum atomic E-state index is -3.56. The van der Waals surface area contributed by atoms with Gasteiger partial charge in [-0.3, -0.25) is 4.99 Å². The van der Waals surface area contributed by atoms with Crippen molar-refractivity contribution in [2.75, 3.05) is 31.9 Å². The molecule has 0 amide bonds. The second-order valence-electron chi connectivity index (χ2n) is 5.64. The molecule has 140 valence electrons. The van der Waals surface area contributed by atoms with Gasteiger partial charge in [0, 0.05) is 29.9 Å². The lowest BCUT2D eigenvalue weighted by atomic mass is 10.2. The molecule has 0 saturated carbocycles. The number of nitrogens with one attached hydrogen (secondary N) is 3. The van der Waals surface area contributed by atoms with Crippen LogP contribution in [0.5, 0.6) is 0 Å². The molecule has 1 aliphatic heterocycles. The predicted molar refractivity (Wildman–Crippen MR) is 106 cm³/mol. The van der Waals surface area contributed by atoms with Gasteiger partial charge in [-0.25, -0.2) is 13.1 Å². The molecule has 2 rings (SSSR count). The van der Waals surface area contributed by atoms with Gasteiger partial charge < -0.3 is 10.6 Å². The summed E-state index contributed by atoms with van der Waals surface area (Å²) in [6, 6.07) is 6.21. The van der Waals surface area contributed by atoms with E-state index in [9.17, 15) is 8.42 Å². The Morgan fingerprint density at radius 3 is 2.88 bits per heavy atom. The summed E-state index contributed by atoms with van der Waals surface area (Å²) in [5.74, 6) is 1.94. The zero-order chi connectivity index (χ0) is 18.1. The van der Waals surface area contributed by atoms with Crippen molar-refractivity contribution in [2.24, 2.45) is 4.99 Å². The van der Waals surface area contributed by atoms with Crippen LogP contribution in [0, 0.1) is 0 Å². The number of halogens is 1. The van der Waals surface area contributed by atoms with Crippen LogP contribution in [-0.2, 0) is 10.0 Å². The molecule has 0 radical (unpaired) electrons. The largest absolute Gasteiger partial charge is 0.357 e. The fraction of sp³-hybridized carbons (Fsp3) is 0.562. The molecule has 0 aromatic heterocycles. The van der Waals surface area contributed by atoms with E-state index in [-0.39, 0.29) is 11.4 Å². The monoisotopic (exact) mass is 404 g/mol. The van der Waals surface area contributed by atoms with Crippen molar-refractivity contribution in [1.29, 1.82) is 0 Å². The van der Waals surface area contributed by atoms with Crippen LogP contribution >= 0.6 is 23.4 Å². The number of nitrogens with zero attached hydrogens (tertiary/aromatic N) is 1. The maximum absolute atomic E-state index is 12.2. The maximum atomic E-state index is 12.2. The highest BCUT2D eigenvalue weighted by molar-refractivity contribution is 8.00. The van der Waals surface area contributed by atoms with Gasteiger partial charge in [0.05, 0.1) is 11.4 Å². The second-order valence-corrected chi connectivity index (χ2v) is 9.25. The molecule has 9 heteroatoms. The van der Waals surface area contributed by atoms with Crippen molar-refractivity contribution in [3.63, 3.8) is 0 Å². The van der Waals surface area contributed by atoms with E-state index in [2.05, 4.69) is 20.3 Å². The van der Waals surface area contributed by atoms with Gasteiger partial charge in [-0.2, -0.15) is 11.8 Å². The first kappa shape index (κ1) is 20.4. The van der Waals surface area contributed by atoms with Gasteiger partial charge in [-0.05, 0) is 43.7 Å². The van der Waals surface area contributed by atoms with Gasteiger partial charge in [0.25, 0.3) is 0 Å². The number of thioether (sulfide) groups is 1. The van der Waals surface area contributed by atoms with Crippen LogP contribution in [0.15, 0.2) is 34.2 Å². The molecule has 1 saturated heterocycles. The van der Waals surface area contributed by atoms with Crippen molar-refractivity contribution < 1.29 is 8.42 Å². The fourth-order valence-electron chi connectivity index (χ4n) is 2.41. The number of aliphatic imine (C=N–C) groups is 1. The molecule has 1 aromatic carbocycles. The smallest absolute Gasteiger partial charge is 0.240 e. The van der Waals surface area contributed by atoms with Crippen LogP contribution < -0.4 is 15.4 Å². The quantitative estimate of drug-likeness (QED) is 0.351. The van der Waals surface area contributed by atoms with Gasteiger partial charge in [0.1, 0.15) is 0 Å². The molecule has 1 aromatic rings. The van der Waals surface area contributed by atoms with E-state index in [0.717, 1.165) is 19.0 Å². The Morgan fingerprint density at radius 1 is 1.36 bits per heavy atom. The highest BCUT2D eigenvalue weighted by Gasteiger charge is 2.15. The molecule has 0 aliphatic carbocycles. The van der Waals surface area contributed by atoms with Crippen LogP contribution in [0.1, 0.15) is 19.8 Å². The van der Waals surface area contributed by atoms with Crippen LogP contribution in [0.25, 0.3) is 0 Å². The SMILES string of the molecule is CCNC(=NCC1CCCS1)NCCNS(=O)(=O)c1cccc(Cl)c1. The Morgan fingerprint density at radius 2 is 2.20 bits per heavy atom. The van der Waals surface area contributed by atoms with Crippen molar-refractivity contribution in [2.45, 2.75) is 29.9 Å². The summed E-state index contributed by atoms with van der Waals surface area (Å²) >= 11 is 7.81. The maximum Gasteiger partial charge on any atom is 0.240 e. The van der Waals surface area contributed by atoms with E-state index in [0.29, 0.717) is 16.8 Å². The van der Waals surface area contributed by atoms with Crippen LogP contribution in [-0.4, -0.2) is 51.6 Å². The molecule has 1 unspecified atom stereocenters. The molecular formula is C16H25ClN4O2S2. The van der Waals surface area contributed by atoms with E-state index < -0.39 is 10.0 Å². The first-order chi connectivity index (χ1) is 12.0. The predicted octanol–water partition coefficient (Wildman–Crippen LogP) is 2.07. The van der Waals surface area contributed by atoms with Crippen LogP contribution in [0.2, 0.25) is 5.02 Å². The number of hydrogen-bond acceptors (Lipinski definition) is 4. The number of sulfonamides is 1. The molecule has 1 fully saturated rings. The topological polar surface area (TPSA) is 82.6 Å². The number of hydrogen-bond donors (Lipinski definition) is 3. The third-order valence-electron chi connectivity index (χ3n) is 3.64. The van der Waals surface area contributed by atoms with Crippen molar-refractivity contribution in [1.82, 2.24) is 15.4 Å². The summed E-state index contributed by atoms with van der Waals surface area (Å²) in [5, 5.41) is 7.32. The first-order valence-corrected chi connectivity index (χ1v) is 11.3. The van der Waals surface area contributed by atoms with Gasteiger partial charge in [0.15, 0.2) is 5.96 Å². The average Bonchev–Trinajstić information content (AvgIpc) is 3.10. The van der Waals surface area contributed by atoms with Crippen LogP contribution in [0.3, 0.4) is 0 Å². The van der Waals surface area contributed by atoms with Gasteiger partial charge >= 0.3 is 0 Å². The number of rotatable bonds is 8. The molecule has 0 spiro atoms. The summed E-state index contributed by atoms with van der Waals surface area (Å²) in [5.41, 5.74) is 0. The first-order valence-electron chi connectivity index (χ1n) is 8.40. The standard InChI is InChI=1S/C16H25ClN4O2S2/c1-2-18-16(20-12-14-6-4-10-24-14)19-8-9-21-25(22,23)15-7-3-5-13(17)11-15/h3,5,7,11,14,21H,2,4,6,8-10,12H2,1H3,(H2,18,19,20). The molecule has 3 N–H and O–H groups in total. The summed E-state index contributed by atoms with van der Waals surface area (Å²) in [6.07, 6.45) is 2.48. The lowest BCUT2D eigenvalue weighted by molar-refractivity contribution is 0.580. The molecule has 1 aliphatic rings. The molecule has 25 heavy (non-hydrogen) atoms. The molecule has 1 atom stereocenters. The second kappa shape index (κ2) is 10.3. The highest BCUT2D eigenvalue weighted by atomic mass is 35.5. The Bertz CT molecular complexity index is 676. The number of guanidine groups is 1. The Balaban J connectivity index is 1.79. The van der Waals surface area contributed by atoms with E-state index in [1.807, 2.05) is 18.7 Å². The Hall–Kier alpha value is -0.960. The lowest BCUT2D eigenvalue weighted by Gasteiger charge is -2.13. The van der Waals surface area contributed by atoms with Crippen molar-refractivity contribution >= 4 is 39.3 Å². The third-order valence-corrected chi connectivity index (χ3v) is 6.71. The van der Waals surface area contributed by atoms with Gasteiger partial charge in [-0.15, -0.1) is 0 Å². The number of benzene rings is 1. The van der Waals surface area contributed by atoms with E-state index in [4.69, 9.17) is 11.6 Å². The third kappa shape index (κ3) is 7.05. The summed E-state index contributed by atoms with van der Waals surface area (Å²) < 4.78 is 27.0. The summed E-state index contributed by atoms with van der Waals surface area (Å²) in [4.78, 5) is 4.74. The normalized spacial score (nSPS) is 18.3. The zero-order valence-corrected chi connectivity index (χ0v) is 16.7. The summed E-state index contributed by atoms with van der Waals surface area (Å²) in [7, 11) is -3.56. The zero-order valence-electron chi connectivity index (χ0n) is 14.3. The molecule has 0 bridgehead atoms. The van der Waals surface area contributed by atoms with E-state index in [1.165, 1.54) is 30.7 Å². The van der Waals surface area contributed by atoms with E-state index in [1.54, 1.807) is 12.1 Å². The molecule has 1 heterocycles. The lowest BCUT2D eigenvalue weighted by Crippen LogP contribution is -2.41. The van der Waals surface area contributed by atoms with Crippen molar-refractivity contribution in [3.8, 4) is 0 Å². The van der Waals surface area contributed by atoms with Gasteiger partial charge in [-0.1, -0.05) is 17.7 Å². The Kier molecular flexibility index (Phi) is 8.35. The van der Waals surface area contributed by atoms with Crippen LogP contribution in [0.4, 0.5) is 0 Å². The fourth-order valence-corrected chi connectivity index (χ4v) is 4.92. The minimum Gasteiger partial charge on any atom is -0.357 e. The average molecular weight is 405 g/mol. The Labute approximate surface area is 159 Å². The highest BCUT2D eigenvalue weighted by Crippen LogP contribution is 2.25. The molecular weight excluding hydrogens is 380 g/mol. The summed E-state index contributed by atoms with van der Waals surface area (Å²) in [6.45, 7) is 4.26.